The number of nitrogens with zero attached hydrogens (tertiary/aromatic N) is 3. The van der Waals surface area contributed by atoms with Crippen molar-refractivity contribution >= 4 is 16.8 Å². The Hall–Kier alpha value is -3.28. The van der Waals surface area contributed by atoms with E-state index in [-0.39, 0.29) is 18.0 Å². The number of aromatic amines is 1. The summed E-state index contributed by atoms with van der Waals surface area (Å²) in [6.45, 7) is 1.91. The molecule has 4 aromatic rings. The Morgan fingerprint density at radius 1 is 1.19 bits per heavy atom. The van der Waals surface area contributed by atoms with Crippen LogP contribution in [0.4, 0.5) is 4.39 Å². The molecule has 0 saturated heterocycles. The van der Waals surface area contributed by atoms with Crippen LogP contribution in [0.25, 0.3) is 22.3 Å². The standard InChI is InChI=1S/C20H17FN4O/c1-12-7-18(24-25(12)2)19(26)9-13-8-15-10-17(23-20(15)22-11-13)14-3-5-16(21)6-4-14/h3-8,10-11H,9H2,1-2H3,(H,22,23). The lowest BCUT2D eigenvalue weighted by molar-refractivity contribution is 0.0987. The van der Waals surface area contributed by atoms with Crippen LogP contribution in [0.1, 0.15) is 21.7 Å². The number of hydrogen-bond acceptors (Lipinski definition) is 3. The third-order valence-corrected chi connectivity index (χ3v) is 4.45. The minimum atomic E-state index is -0.270. The summed E-state index contributed by atoms with van der Waals surface area (Å²) in [6.07, 6.45) is 1.94. The number of Topliss-reactive ketones (excluding diaryl/α,β-unsaturated/α-hetero) is 1. The highest BCUT2D eigenvalue weighted by Gasteiger charge is 2.13. The second kappa shape index (κ2) is 6.22. The van der Waals surface area contributed by atoms with Crippen LogP contribution in [-0.4, -0.2) is 25.5 Å². The summed E-state index contributed by atoms with van der Waals surface area (Å²) in [5, 5.41) is 5.14. The van der Waals surface area contributed by atoms with Crippen LogP contribution < -0.4 is 0 Å². The summed E-state index contributed by atoms with van der Waals surface area (Å²) in [4.78, 5) is 20.1. The highest BCUT2D eigenvalue weighted by atomic mass is 19.1. The summed E-state index contributed by atoms with van der Waals surface area (Å²) >= 11 is 0. The van der Waals surface area contributed by atoms with Gasteiger partial charge in [0.15, 0.2) is 5.78 Å². The van der Waals surface area contributed by atoms with Gasteiger partial charge in [-0.25, -0.2) is 9.37 Å². The number of H-pyrrole nitrogens is 1. The first kappa shape index (κ1) is 16.2. The summed E-state index contributed by atoms with van der Waals surface area (Å²) in [7, 11) is 1.82. The quantitative estimate of drug-likeness (QED) is 0.570. The fourth-order valence-corrected chi connectivity index (χ4v) is 2.92. The van der Waals surface area contributed by atoms with Crippen molar-refractivity contribution in [3.8, 4) is 11.3 Å². The lowest BCUT2D eigenvalue weighted by atomic mass is 10.1. The zero-order chi connectivity index (χ0) is 18.3. The number of carbonyl (C=O) groups excluding carboxylic acids is 1. The van der Waals surface area contributed by atoms with E-state index in [0.29, 0.717) is 5.69 Å². The number of rotatable bonds is 4. The summed E-state index contributed by atoms with van der Waals surface area (Å²) in [5.41, 5.74) is 4.70. The predicted octanol–water partition coefficient (Wildman–Crippen LogP) is 3.84. The number of ketones is 1. The molecule has 0 saturated carbocycles. The zero-order valence-electron chi connectivity index (χ0n) is 14.5. The van der Waals surface area contributed by atoms with Gasteiger partial charge < -0.3 is 4.98 Å². The smallest absolute Gasteiger partial charge is 0.187 e. The van der Waals surface area contributed by atoms with Crippen LogP contribution in [0.5, 0.6) is 0 Å². The molecule has 130 valence electrons. The minimum Gasteiger partial charge on any atom is -0.339 e. The molecule has 6 heteroatoms. The Balaban J connectivity index is 1.61. The Labute approximate surface area is 149 Å². The maximum atomic E-state index is 13.1. The van der Waals surface area contributed by atoms with Gasteiger partial charge >= 0.3 is 0 Å². The van der Waals surface area contributed by atoms with Gasteiger partial charge in [0.25, 0.3) is 0 Å². The highest BCUT2D eigenvalue weighted by molar-refractivity contribution is 5.96. The van der Waals surface area contributed by atoms with Gasteiger partial charge in [-0.3, -0.25) is 9.48 Å². The maximum absolute atomic E-state index is 13.1. The van der Waals surface area contributed by atoms with E-state index >= 15 is 0 Å². The lowest BCUT2D eigenvalue weighted by Crippen LogP contribution is -2.05. The van der Waals surface area contributed by atoms with Gasteiger partial charge in [0.1, 0.15) is 17.2 Å². The molecule has 1 N–H and O–H groups in total. The van der Waals surface area contributed by atoms with Crippen molar-refractivity contribution in [1.82, 2.24) is 19.7 Å². The second-order valence-corrected chi connectivity index (χ2v) is 6.37. The van der Waals surface area contributed by atoms with Crippen LogP contribution in [0.2, 0.25) is 0 Å². The van der Waals surface area contributed by atoms with Crippen molar-refractivity contribution in [2.45, 2.75) is 13.3 Å². The van der Waals surface area contributed by atoms with Crippen LogP contribution in [-0.2, 0) is 13.5 Å². The molecule has 0 spiro atoms. The zero-order valence-corrected chi connectivity index (χ0v) is 14.5. The molecule has 0 unspecified atom stereocenters. The summed E-state index contributed by atoms with van der Waals surface area (Å²) in [6, 6.07) is 12.0. The molecular formula is C20H17FN4O. The number of nitrogens with one attached hydrogen (secondary N) is 1. The number of pyridine rings is 1. The van der Waals surface area contributed by atoms with E-state index < -0.39 is 0 Å². The van der Waals surface area contributed by atoms with E-state index in [0.717, 1.165) is 33.5 Å². The van der Waals surface area contributed by atoms with Crippen LogP contribution >= 0.6 is 0 Å². The number of aryl methyl sites for hydroxylation is 2. The van der Waals surface area contributed by atoms with Crippen LogP contribution in [0, 0.1) is 12.7 Å². The first-order valence-corrected chi connectivity index (χ1v) is 8.27. The first-order chi connectivity index (χ1) is 12.5. The molecule has 4 rings (SSSR count). The first-order valence-electron chi connectivity index (χ1n) is 8.27. The molecule has 0 radical (unpaired) electrons. The average Bonchev–Trinajstić information content (AvgIpc) is 3.19. The third kappa shape index (κ3) is 3.01. The van der Waals surface area contributed by atoms with Crippen LogP contribution in [0.15, 0.2) is 48.7 Å². The fourth-order valence-electron chi connectivity index (χ4n) is 2.92. The van der Waals surface area contributed by atoms with Gasteiger partial charge in [-0.2, -0.15) is 5.10 Å². The van der Waals surface area contributed by atoms with Gasteiger partial charge in [0.05, 0.1) is 0 Å². The largest absolute Gasteiger partial charge is 0.339 e. The molecule has 0 aliphatic rings. The number of halogens is 1. The fraction of sp³-hybridized carbons (Fsp3) is 0.150. The molecule has 1 aromatic carbocycles. The van der Waals surface area contributed by atoms with Crippen molar-refractivity contribution in [2.24, 2.45) is 7.05 Å². The maximum Gasteiger partial charge on any atom is 0.187 e. The topological polar surface area (TPSA) is 63.6 Å². The number of benzene rings is 1. The van der Waals surface area contributed by atoms with E-state index in [9.17, 15) is 9.18 Å². The van der Waals surface area contributed by atoms with Gasteiger partial charge in [0, 0.05) is 36.4 Å². The molecular weight excluding hydrogens is 331 g/mol. The van der Waals surface area contributed by atoms with E-state index in [1.165, 1.54) is 12.1 Å². The van der Waals surface area contributed by atoms with Crippen molar-refractivity contribution in [2.75, 3.05) is 0 Å². The van der Waals surface area contributed by atoms with Gasteiger partial charge in [-0.15, -0.1) is 0 Å². The van der Waals surface area contributed by atoms with Crippen molar-refractivity contribution < 1.29 is 9.18 Å². The number of fused-ring (bicyclic) bond motifs is 1. The lowest BCUT2D eigenvalue weighted by Gasteiger charge is -1.99. The highest BCUT2D eigenvalue weighted by Crippen LogP contribution is 2.24. The molecule has 26 heavy (non-hydrogen) atoms. The molecule has 0 atom stereocenters. The number of hydrogen-bond donors (Lipinski definition) is 1. The Kier molecular flexibility index (Phi) is 3.88. The van der Waals surface area contributed by atoms with Crippen LogP contribution in [0.3, 0.4) is 0 Å². The SMILES string of the molecule is Cc1cc(C(=O)Cc2cnc3[nH]c(-c4ccc(F)cc4)cc3c2)nn1C. The predicted molar refractivity (Wildman–Crippen MR) is 97.5 cm³/mol. The Morgan fingerprint density at radius 3 is 2.65 bits per heavy atom. The monoisotopic (exact) mass is 348 g/mol. The van der Waals surface area contributed by atoms with Crippen molar-refractivity contribution in [3.05, 3.63) is 71.4 Å². The van der Waals surface area contributed by atoms with Crippen molar-refractivity contribution in [1.29, 1.82) is 0 Å². The van der Waals surface area contributed by atoms with E-state index in [1.807, 2.05) is 26.1 Å². The number of aromatic nitrogens is 4. The van der Waals surface area contributed by atoms with Gasteiger partial charge in [0.2, 0.25) is 0 Å². The van der Waals surface area contributed by atoms with Crippen molar-refractivity contribution in [3.63, 3.8) is 0 Å². The van der Waals surface area contributed by atoms with E-state index in [1.54, 1.807) is 29.1 Å². The normalized spacial score (nSPS) is 11.2. The second-order valence-electron chi connectivity index (χ2n) is 6.37. The third-order valence-electron chi connectivity index (χ3n) is 4.45. The molecule has 0 aliphatic heterocycles. The van der Waals surface area contributed by atoms with E-state index in [2.05, 4.69) is 15.1 Å². The van der Waals surface area contributed by atoms with E-state index in [4.69, 9.17) is 0 Å². The molecule has 0 fully saturated rings. The Bertz CT molecular complexity index is 1090. The molecule has 0 aliphatic carbocycles. The minimum absolute atomic E-state index is 0.0378. The molecule has 0 bridgehead atoms. The molecule has 5 nitrogen and oxygen atoms in total. The molecule has 0 amide bonds. The summed E-state index contributed by atoms with van der Waals surface area (Å²) < 4.78 is 14.8. The molecule has 3 heterocycles. The summed E-state index contributed by atoms with van der Waals surface area (Å²) in [5.74, 6) is -0.308. The number of carbonyl (C=O) groups is 1. The average molecular weight is 348 g/mol. The van der Waals surface area contributed by atoms with Gasteiger partial charge in [-0.1, -0.05) is 0 Å². The Morgan fingerprint density at radius 2 is 1.96 bits per heavy atom. The van der Waals surface area contributed by atoms with Gasteiger partial charge in [-0.05, 0) is 60.5 Å². The molecule has 3 aromatic heterocycles.